The average Bonchev–Trinajstić information content (AvgIpc) is 3.04. The molecule has 24 heavy (non-hydrogen) atoms. The monoisotopic (exact) mass is 388 g/mol. The van der Waals surface area contributed by atoms with E-state index < -0.39 is 31.8 Å². The van der Waals surface area contributed by atoms with E-state index in [0.717, 1.165) is 11.3 Å². The highest BCUT2D eigenvalue weighted by atomic mass is 32.2. The first-order valence-electron chi connectivity index (χ1n) is 6.73. The number of aryl methyl sites for hydroxylation is 1. The smallest absolute Gasteiger partial charge is 0.268 e. The first-order chi connectivity index (χ1) is 11.2. The van der Waals surface area contributed by atoms with Gasteiger partial charge in [0.1, 0.15) is 9.90 Å². The molecule has 3 rings (SSSR count). The number of carbonyl (C=O) groups is 1. The molecule has 1 aromatic carbocycles. The van der Waals surface area contributed by atoms with Crippen molar-refractivity contribution < 1.29 is 21.6 Å². The van der Waals surface area contributed by atoms with Crippen molar-refractivity contribution in [2.75, 3.05) is 10.6 Å². The number of sulfonamides is 2. The molecule has 12 heteroatoms. The molecule has 2 aromatic rings. The van der Waals surface area contributed by atoms with Crippen molar-refractivity contribution in [2.45, 2.75) is 18.2 Å². The van der Waals surface area contributed by atoms with E-state index in [1.54, 1.807) is 0 Å². The summed E-state index contributed by atoms with van der Waals surface area (Å²) in [4.78, 5) is 12.0. The Labute approximate surface area is 142 Å². The largest absolute Gasteiger partial charge is 0.270 e. The molecular weight excluding hydrogens is 376 g/mol. The van der Waals surface area contributed by atoms with Gasteiger partial charge in [0, 0.05) is 0 Å². The number of fused-ring (bicyclic) bond motifs is 1. The van der Waals surface area contributed by atoms with Crippen molar-refractivity contribution in [3.05, 3.63) is 34.8 Å². The topological polar surface area (TPSA) is 126 Å². The molecule has 0 radical (unpaired) electrons. The Morgan fingerprint density at radius 3 is 2.58 bits per heavy atom. The first-order valence-corrected chi connectivity index (χ1v) is 10.6. The molecule has 2 heterocycles. The summed E-state index contributed by atoms with van der Waals surface area (Å²) >= 11 is 1.04. The predicted molar refractivity (Wildman–Crippen MR) is 86.5 cm³/mol. The highest BCUT2D eigenvalue weighted by molar-refractivity contribution is 7.95. The number of hydrogen-bond donors (Lipinski definition) is 1. The second-order valence-corrected chi connectivity index (χ2v) is 9.44. The standard InChI is InChI=1S/C12H12N4O5S3/c1-2-10-13-14-12(22-10)15-23(18,19)7-16-11(17)8-5-3-4-6-9(8)24(16,20)21/h3-6H,2,7H2,1H3,(H,14,15). The highest BCUT2D eigenvalue weighted by Gasteiger charge is 2.43. The van der Waals surface area contributed by atoms with Crippen LogP contribution in [0, 0.1) is 0 Å². The highest BCUT2D eigenvalue weighted by Crippen LogP contribution is 2.30. The van der Waals surface area contributed by atoms with Crippen LogP contribution >= 0.6 is 11.3 Å². The summed E-state index contributed by atoms with van der Waals surface area (Å²) < 4.78 is 51.6. The zero-order valence-corrected chi connectivity index (χ0v) is 14.8. The number of carbonyl (C=O) groups excluding carboxylic acids is 1. The normalized spacial score (nSPS) is 16.2. The molecule has 1 amide bonds. The first kappa shape index (κ1) is 16.8. The maximum absolute atomic E-state index is 12.4. The number of rotatable bonds is 5. The van der Waals surface area contributed by atoms with Crippen LogP contribution in [0.3, 0.4) is 0 Å². The van der Waals surface area contributed by atoms with Crippen molar-refractivity contribution in [3.63, 3.8) is 0 Å². The molecule has 0 spiro atoms. The van der Waals surface area contributed by atoms with Gasteiger partial charge >= 0.3 is 0 Å². The number of amides is 1. The molecule has 1 aliphatic rings. The van der Waals surface area contributed by atoms with Crippen LogP contribution in [0.15, 0.2) is 29.2 Å². The summed E-state index contributed by atoms with van der Waals surface area (Å²) in [6, 6.07) is 5.58. The molecule has 0 fully saturated rings. The minimum absolute atomic E-state index is 0.0217. The van der Waals surface area contributed by atoms with Gasteiger partial charge in [-0.05, 0) is 18.6 Å². The Balaban J connectivity index is 1.87. The van der Waals surface area contributed by atoms with Gasteiger partial charge < -0.3 is 0 Å². The molecule has 1 aromatic heterocycles. The summed E-state index contributed by atoms with van der Waals surface area (Å²) in [7, 11) is -8.34. The minimum Gasteiger partial charge on any atom is -0.268 e. The van der Waals surface area contributed by atoms with E-state index in [1.165, 1.54) is 24.3 Å². The van der Waals surface area contributed by atoms with Gasteiger partial charge in [-0.15, -0.1) is 10.2 Å². The van der Waals surface area contributed by atoms with Crippen LogP contribution in [0.1, 0.15) is 22.3 Å². The van der Waals surface area contributed by atoms with Crippen LogP contribution in [-0.4, -0.2) is 43.1 Å². The average molecular weight is 388 g/mol. The van der Waals surface area contributed by atoms with Gasteiger partial charge in [0.15, 0.2) is 5.88 Å². The fraction of sp³-hybridized carbons (Fsp3) is 0.250. The van der Waals surface area contributed by atoms with E-state index in [1.807, 2.05) is 6.92 Å². The van der Waals surface area contributed by atoms with Gasteiger partial charge in [0.05, 0.1) is 5.56 Å². The van der Waals surface area contributed by atoms with Crippen molar-refractivity contribution in [2.24, 2.45) is 0 Å². The Morgan fingerprint density at radius 1 is 1.25 bits per heavy atom. The van der Waals surface area contributed by atoms with Crippen molar-refractivity contribution in [1.82, 2.24) is 14.5 Å². The Hall–Kier alpha value is -2.05. The molecule has 1 N–H and O–H groups in total. The Kier molecular flexibility index (Phi) is 4.05. The molecule has 1 aliphatic heterocycles. The van der Waals surface area contributed by atoms with E-state index in [4.69, 9.17) is 0 Å². The van der Waals surface area contributed by atoms with Crippen molar-refractivity contribution in [3.8, 4) is 0 Å². The zero-order valence-electron chi connectivity index (χ0n) is 12.3. The molecule has 128 valence electrons. The van der Waals surface area contributed by atoms with Gasteiger partial charge in [-0.1, -0.05) is 30.4 Å². The third-order valence-electron chi connectivity index (χ3n) is 3.21. The lowest BCUT2D eigenvalue weighted by atomic mass is 10.2. The molecule has 0 saturated carbocycles. The van der Waals surface area contributed by atoms with Crippen molar-refractivity contribution in [1.29, 1.82) is 0 Å². The number of hydrogen-bond acceptors (Lipinski definition) is 8. The van der Waals surface area contributed by atoms with Crippen LogP contribution in [-0.2, 0) is 26.5 Å². The van der Waals surface area contributed by atoms with E-state index in [9.17, 15) is 21.6 Å². The molecule has 0 atom stereocenters. The molecule has 0 bridgehead atoms. The fourth-order valence-corrected chi connectivity index (χ4v) is 6.20. The van der Waals surface area contributed by atoms with Gasteiger partial charge in [-0.3, -0.25) is 9.52 Å². The number of benzene rings is 1. The van der Waals surface area contributed by atoms with E-state index >= 15 is 0 Å². The van der Waals surface area contributed by atoms with Gasteiger partial charge in [-0.25, -0.2) is 21.1 Å². The molecular formula is C12H12N4O5S3. The number of nitrogens with zero attached hydrogens (tertiary/aromatic N) is 3. The third-order valence-corrected chi connectivity index (χ3v) is 7.38. The fourth-order valence-electron chi connectivity index (χ4n) is 2.12. The molecule has 0 aliphatic carbocycles. The lowest BCUT2D eigenvalue weighted by molar-refractivity contribution is 0.0885. The van der Waals surface area contributed by atoms with Crippen LogP contribution < -0.4 is 4.72 Å². The quantitative estimate of drug-likeness (QED) is 0.796. The maximum Gasteiger partial charge on any atom is 0.270 e. The SMILES string of the molecule is CCc1nnc(NS(=O)(=O)CN2C(=O)c3ccccc3S2(=O)=O)s1. The van der Waals surface area contributed by atoms with E-state index in [2.05, 4.69) is 14.9 Å². The second-order valence-electron chi connectivity index (χ2n) is 4.86. The van der Waals surface area contributed by atoms with E-state index in [0.29, 0.717) is 15.7 Å². The van der Waals surface area contributed by atoms with Gasteiger partial charge in [-0.2, -0.15) is 0 Å². The molecule has 0 unspecified atom stereocenters. The zero-order chi connectivity index (χ0) is 17.5. The van der Waals surface area contributed by atoms with Gasteiger partial charge in [0.25, 0.3) is 26.0 Å². The summed E-state index contributed by atoms with van der Waals surface area (Å²) in [6.07, 6.45) is 0.591. The summed E-state index contributed by atoms with van der Waals surface area (Å²) in [5.74, 6) is -1.90. The minimum atomic E-state index is -4.19. The number of aromatic nitrogens is 2. The summed E-state index contributed by atoms with van der Waals surface area (Å²) in [6.45, 7) is 1.84. The summed E-state index contributed by atoms with van der Waals surface area (Å²) in [5, 5.41) is 8.09. The summed E-state index contributed by atoms with van der Waals surface area (Å²) in [5.41, 5.74) is -0.0446. The Bertz CT molecular complexity index is 1010. The number of anilines is 1. The second kappa shape index (κ2) is 5.79. The number of nitrogens with one attached hydrogen (secondary N) is 1. The van der Waals surface area contributed by atoms with Gasteiger partial charge in [0.2, 0.25) is 5.13 Å². The molecule has 0 saturated heterocycles. The van der Waals surface area contributed by atoms with Crippen LogP contribution in [0.4, 0.5) is 5.13 Å². The van der Waals surface area contributed by atoms with Crippen molar-refractivity contribution >= 4 is 42.4 Å². The lowest BCUT2D eigenvalue weighted by Crippen LogP contribution is -2.37. The predicted octanol–water partition coefficient (Wildman–Crippen LogP) is 0.644. The Morgan fingerprint density at radius 2 is 1.96 bits per heavy atom. The van der Waals surface area contributed by atoms with Crippen LogP contribution in [0.5, 0.6) is 0 Å². The molecule has 9 nitrogen and oxygen atoms in total. The lowest BCUT2D eigenvalue weighted by Gasteiger charge is -2.15. The van der Waals surface area contributed by atoms with Crippen LogP contribution in [0.25, 0.3) is 0 Å². The van der Waals surface area contributed by atoms with Crippen LogP contribution in [0.2, 0.25) is 0 Å². The maximum atomic E-state index is 12.4. The van der Waals surface area contributed by atoms with E-state index in [-0.39, 0.29) is 15.6 Å². The third kappa shape index (κ3) is 2.87.